The Labute approximate surface area is 147 Å². The first-order valence-corrected chi connectivity index (χ1v) is 8.62. The maximum Gasteiger partial charge on any atom is 0.341 e. The summed E-state index contributed by atoms with van der Waals surface area (Å²) < 4.78 is 5.22. The molecule has 3 rings (SSSR count). The number of carbonyl (C=O) groups is 2. The van der Waals surface area contributed by atoms with Gasteiger partial charge in [-0.25, -0.2) is 4.79 Å². The van der Waals surface area contributed by atoms with E-state index in [4.69, 9.17) is 10.5 Å². The molecule has 0 saturated carbocycles. The number of hydrogen-bond acceptors (Lipinski definition) is 5. The minimum absolute atomic E-state index is 0.211. The Morgan fingerprint density at radius 1 is 1.40 bits per heavy atom. The first-order chi connectivity index (χ1) is 12.0. The molecule has 6 heteroatoms. The van der Waals surface area contributed by atoms with Crippen molar-refractivity contribution in [1.82, 2.24) is 4.98 Å². The summed E-state index contributed by atoms with van der Waals surface area (Å²) in [4.78, 5) is 30.6. The van der Waals surface area contributed by atoms with E-state index in [1.54, 1.807) is 13.1 Å². The quantitative estimate of drug-likeness (QED) is 0.863. The van der Waals surface area contributed by atoms with Gasteiger partial charge in [-0.15, -0.1) is 0 Å². The molecule has 1 atom stereocenters. The number of carbonyl (C=O) groups excluding carboxylic acids is 2. The largest absolute Gasteiger partial charge is 0.462 e. The molecule has 1 fully saturated rings. The predicted octanol–water partition coefficient (Wildman–Crippen LogP) is 2.42. The molecule has 0 bridgehead atoms. The number of ether oxygens (including phenoxy) is 1. The fourth-order valence-corrected chi connectivity index (χ4v) is 3.40. The highest BCUT2D eigenvalue weighted by atomic mass is 16.5. The van der Waals surface area contributed by atoms with Crippen molar-refractivity contribution in [3.63, 3.8) is 0 Å². The predicted molar refractivity (Wildman–Crippen MR) is 96.6 cm³/mol. The zero-order valence-electron chi connectivity index (χ0n) is 14.6. The SMILES string of the molecule is CCOC(=O)c1cnc2ccc(C)cc2c1N1CCC[C@H](C(N)=O)C1. The van der Waals surface area contributed by atoms with Gasteiger partial charge in [0.05, 0.1) is 23.7 Å². The molecule has 1 aliphatic heterocycles. The van der Waals surface area contributed by atoms with E-state index in [-0.39, 0.29) is 11.8 Å². The van der Waals surface area contributed by atoms with Gasteiger partial charge in [-0.1, -0.05) is 11.6 Å². The van der Waals surface area contributed by atoms with Gasteiger partial charge in [0.25, 0.3) is 0 Å². The number of nitrogens with two attached hydrogens (primary N) is 1. The first kappa shape index (κ1) is 17.2. The topological polar surface area (TPSA) is 85.5 Å². The van der Waals surface area contributed by atoms with E-state index in [0.29, 0.717) is 18.7 Å². The second-order valence-electron chi connectivity index (χ2n) is 6.45. The highest BCUT2D eigenvalue weighted by Gasteiger charge is 2.28. The molecule has 1 amide bonds. The lowest BCUT2D eigenvalue weighted by Gasteiger charge is -2.34. The van der Waals surface area contributed by atoms with E-state index >= 15 is 0 Å². The molecule has 0 spiro atoms. The van der Waals surface area contributed by atoms with Crippen molar-refractivity contribution in [3.05, 3.63) is 35.5 Å². The van der Waals surface area contributed by atoms with Gasteiger partial charge in [-0.05, 0) is 38.8 Å². The zero-order valence-corrected chi connectivity index (χ0v) is 14.6. The molecule has 0 aliphatic carbocycles. The van der Waals surface area contributed by atoms with Crippen molar-refractivity contribution in [3.8, 4) is 0 Å². The van der Waals surface area contributed by atoms with Gasteiger partial charge in [0.1, 0.15) is 5.56 Å². The third-order valence-corrected chi connectivity index (χ3v) is 4.63. The molecule has 0 unspecified atom stereocenters. The van der Waals surface area contributed by atoms with Gasteiger partial charge in [0.2, 0.25) is 5.91 Å². The highest BCUT2D eigenvalue weighted by Crippen LogP contribution is 2.33. The van der Waals surface area contributed by atoms with Gasteiger partial charge < -0.3 is 15.4 Å². The number of pyridine rings is 1. The van der Waals surface area contributed by atoms with Crippen molar-refractivity contribution >= 4 is 28.5 Å². The van der Waals surface area contributed by atoms with Gasteiger partial charge in [-0.2, -0.15) is 0 Å². The normalized spacial score (nSPS) is 17.5. The number of benzene rings is 1. The van der Waals surface area contributed by atoms with E-state index in [1.165, 1.54) is 0 Å². The van der Waals surface area contributed by atoms with Crippen LogP contribution in [0.5, 0.6) is 0 Å². The molecule has 1 aliphatic rings. The summed E-state index contributed by atoms with van der Waals surface area (Å²) in [6.07, 6.45) is 3.20. The number of aryl methyl sites for hydroxylation is 1. The average molecular weight is 341 g/mol. The lowest BCUT2D eigenvalue weighted by molar-refractivity contribution is -0.122. The minimum Gasteiger partial charge on any atom is -0.462 e. The van der Waals surface area contributed by atoms with E-state index in [9.17, 15) is 9.59 Å². The monoisotopic (exact) mass is 341 g/mol. The third-order valence-electron chi connectivity index (χ3n) is 4.63. The second kappa shape index (κ2) is 7.09. The number of anilines is 1. The van der Waals surface area contributed by atoms with Crippen molar-refractivity contribution in [1.29, 1.82) is 0 Å². The summed E-state index contributed by atoms with van der Waals surface area (Å²) in [6.45, 7) is 5.36. The van der Waals surface area contributed by atoms with Crippen LogP contribution in [-0.2, 0) is 9.53 Å². The van der Waals surface area contributed by atoms with Gasteiger partial charge in [0, 0.05) is 24.7 Å². The molecule has 2 heterocycles. The second-order valence-corrected chi connectivity index (χ2v) is 6.45. The van der Waals surface area contributed by atoms with Crippen LogP contribution in [0.2, 0.25) is 0 Å². The Balaban J connectivity index is 2.14. The molecule has 132 valence electrons. The molecule has 2 aromatic rings. The van der Waals surface area contributed by atoms with Crippen LogP contribution in [-0.4, -0.2) is 36.6 Å². The number of rotatable bonds is 4. The lowest BCUT2D eigenvalue weighted by Crippen LogP contribution is -2.41. The average Bonchev–Trinajstić information content (AvgIpc) is 2.60. The summed E-state index contributed by atoms with van der Waals surface area (Å²) in [5, 5.41) is 0.899. The minimum atomic E-state index is -0.394. The maximum absolute atomic E-state index is 12.5. The number of piperidine rings is 1. The summed E-state index contributed by atoms with van der Waals surface area (Å²) in [5.74, 6) is -0.900. The molecule has 1 aromatic carbocycles. The van der Waals surface area contributed by atoms with E-state index < -0.39 is 5.97 Å². The Kier molecular flexibility index (Phi) is 4.88. The van der Waals surface area contributed by atoms with Crippen molar-refractivity contribution in [2.45, 2.75) is 26.7 Å². The number of nitrogens with zero attached hydrogens (tertiary/aromatic N) is 2. The number of primary amides is 1. The fourth-order valence-electron chi connectivity index (χ4n) is 3.40. The highest BCUT2D eigenvalue weighted by molar-refractivity contribution is 6.05. The van der Waals surface area contributed by atoms with Gasteiger partial charge >= 0.3 is 5.97 Å². The van der Waals surface area contributed by atoms with E-state index in [2.05, 4.69) is 9.88 Å². The van der Waals surface area contributed by atoms with Crippen LogP contribution < -0.4 is 10.6 Å². The smallest absolute Gasteiger partial charge is 0.341 e. The molecular formula is C19H23N3O3. The summed E-state index contributed by atoms with van der Waals surface area (Å²) in [7, 11) is 0. The first-order valence-electron chi connectivity index (χ1n) is 8.62. The Hall–Kier alpha value is -2.63. The zero-order chi connectivity index (χ0) is 18.0. The Bertz CT molecular complexity index is 819. The Morgan fingerprint density at radius 3 is 2.92 bits per heavy atom. The van der Waals surface area contributed by atoms with Crippen LogP contribution >= 0.6 is 0 Å². The van der Waals surface area contributed by atoms with Crippen LogP contribution in [0.15, 0.2) is 24.4 Å². The van der Waals surface area contributed by atoms with Gasteiger partial charge in [-0.3, -0.25) is 9.78 Å². The number of amides is 1. The van der Waals surface area contributed by atoms with Crippen LogP contribution in [0, 0.1) is 12.8 Å². The van der Waals surface area contributed by atoms with Crippen LogP contribution in [0.4, 0.5) is 5.69 Å². The van der Waals surface area contributed by atoms with Crippen molar-refractivity contribution < 1.29 is 14.3 Å². The van der Waals surface area contributed by atoms with Crippen LogP contribution in [0.25, 0.3) is 10.9 Å². The number of aromatic nitrogens is 1. The summed E-state index contributed by atoms with van der Waals surface area (Å²) in [5.41, 5.74) is 8.64. The fraction of sp³-hybridized carbons (Fsp3) is 0.421. The van der Waals surface area contributed by atoms with E-state index in [0.717, 1.165) is 41.5 Å². The van der Waals surface area contributed by atoms with E-state index in [1.807, 2.05) is 25.1 Å². The Morgan fingerprint density at radius 2 is 2.20 bits per heavy atom. The van der Waals surface area contributed by atoms with Crippen molar-refractivity contribution in [2.75, 3.05) is 24.6 Å². The van der Waals surface area contributed by atoms with Crippen molar-refractivity contribution in [2.24, 2.45) is 11.7 Å². The lowest BCUT2D eigenvalue weighted by atomic mass is 9.95. The molecule has 6 nitrogen and oxygen atoms in total. The van der Waals surface area contributed by atoms with Crippen LogP contribution in [0.1, 0.15) is 35.7 Å². The number of esters is 1. The number of hydrogen-bond donors (Lipinski definition) is 1. The summed E-state index contributed by atoms with van der Waals surface area (Å²) in [6, 6.07) is 5.96. The van der Waals surface area contributed by atoms with Gasteiger partial charge in [0.15, 0.2) is 0 Å². The molecule has 25 heavy (non-hydrogen) atoms. The maximum atomic E-state index is 12.5. The molecule has 0 radical (unpaired) electrons. The molecule has 1 saturated heterocycles. The summed E-state index contributed by atoms with van der Waals surface area (Å²) >= 11 is 0. The molecule has 1 aromatic heterocycles. The number of fused-ring (bicyclic) bond motifs is 1. The third kappa shape index (κ3) is 3.43. The molecular weight excluding hydrogens is 318 g/mol. The molecule has 2 N–H and O–H groups in total. The standard InChI is InChI=1S/C19H23N3O3/c1-3-25-19(24)15-10-21-16-7-6-12(2)9-14(16)17(15)22-8-4-5-13(11-22)18(20)23/h6-7,9-10,13H,3-5,8,11H2,1-2H3,(H2,20,23)/t13-/m0/s1. The van der Waals surface area contributed by atoms with Crippen LogP contribution in [0.3, 0.4) is 0 Å².